The lowest BCUT2D eigenvalue weighted by molar-refractivity contribution is -0.171. The molecule has 1 atom stereocenters. The number of hydrogen-bond acceptors (Lipinski definition) is 3. The fraction of sp³-hybridized carbons (Fsp3) is 0.438. The summed E-state index contributed by atoms with van der Waals surface area (Å²) < 4.78 is 4.87. The third-order valence-corrected chi connectivity index (χ3v) is 4.38. The highest BCUT2D eigenvalue weighted by atomic mass is 16.5. The van der Waals surface area contributed by atoms with E-state index in [1.807, 2.05) is 30.3 Å². The number of benzene rings is 1. The number of aliphatic hydroxyl groups is 1. The molecule has 3 rings (SSSR count). The van der Waals surface area contributed by atoms with Gasteiger partial charge in [0.05, 0.1) is 12.8 Å². The Labute approximate surface area is 117 Å². The predicted molar refractivity (Wildman–Crippen MR) is 76.2 cm³/mol. The summed E-state index contributed by atoms with van der Waals surface area (Å²) in [5, 5.41) is 12.0. The Balaban J connectivity index is 2.10. The van der Waals surface area contributed by atoms with Gasteiger partial charge in [-0.3, -0.25) is 0 Å². The van der Waals surface area contributed by atoms with Gasteiger partial charge in [0.1, 0.15) is 0 Å². The zero-order chi connectivity index (χ0) is 14.2. The van der Waals surface area contributed by atoms with Crippen LogP contribution in [0, 0.1) is 5.92 Å². The van der Waals surface area contributed by atoms with Gasteiger partial charge in [-0.25, -0.2) is 4.79 Å². The van der Waals surface area contributed by atoms with Crippen LogP contribution in [-0.4, -0.2) is 23.2 Å². The number of carbonyl (C=O) groups is 1. The molecule has 4 nitrogen and oxygen atoms in total. The Bertz CT molecular complexity index is 594. The van der Waals surface area contributed by atoms with Crippen molar-refractivity contribution in [3.63, 3.8) is 0 Å². The number of carbonyl (C=O) groups excluding carboxylic acids is 1. The number of H-pyrrole nitrogens is 1. The number of hydrogen-bond donors (Lipinski definition) is 2. The van der Waals surface area contributed by atoms with Gasteiger partial charge in [-0.15, -0.1) is 0 Å². The molecule has 4 heteroatoms. The number of esters is 1. The largest absolute Gasteiger partial charge is 0.467 e. The molecule has 1 aromatic carbocycles. The van der Waals surface area contributed by atoms with Crippen LogP contribution in [0.15, 0.2) is 30.3 Å². The van der Waals surface area contributed by atoms with E-state index < -0.39 is 11.6 Å². The number of methoxy groups -OCH3 is 1. The maximum Gasteiger partial charge on any atom is 0.344 e. The highest BCUT2D eigenvalue weighted by Gasteiger charge is 2.48. The minimum Gasteiger partial charge on any atom is -0.467 e. The van der Waals surface area contributed by atoms with Gasteiger partial charge in [0.2, 0.25) is 5.60 Å². The lowest BCUT2D eigenvalue weighted by atomic mass is 9.83. The lowest BCUT2D eigenvalue weighted by Gasteiger charge is -2.30. The molecule has 0 radical (unpaired) electrons. The quantitative estimate of drug-likeness (QED) is 0.845. The molecule has 1 aliphatic rings. The summed E-state index contributed by atoms with van der Waals surface area (Å²) in [6, 6.07) is 9.61. The Morgan fingerprint density at radius 3 is 2.70 bits per heavy atom. The number of ether oxygens (including phenoxy) is 1. The first-order valence-corrected chi connectivity index (χ1v) is 7.05. The molecule has 1 aromatic heterocycles. The van der Waals surface area contributed by atoms with Gasteiger partial charge in [-0.05, 0) is 30.4 Å². The summed E-state index contributed by atoms with van der Waals surface area (Å²) in [6.07, 6.45) is 3.79. The van der Waals surface area contributed by atoms with Gasteiger partial charge in [0.15, 0.2) is 0 Å². The second-order valence-electron chi connectivity index (χ2n) is 5.51. The van der Waals surface area contributed by atoms with Crippen molar-refractivity contribution >= 4 is 16.9 Å². The third-order valence-electron chi connectivity index (χ3n) is 4.38. The molecular formula is C16H19NO3. The van der Waals surface area contributed by atoms with E-state index in [2.05, 4.69) is 4.98 Å². The van der Waals surface area contributed by atoms with Crippen LogP contribution < -0.4 is 0 Å². The number of rotatable bonds is 3. The van der Waals surface area contributed by atoms with Crippen LogP contribution in [0.25, 0.3) is 10.9 Å². The van der Waals surface area contributed by atoms with Crippen molar-refractivity contribution in [1.29, 1.82) is 0 Å². The second-order valence-corrected chi connectivity index (χ2v) is 5.51. The standard InChI is InChI=1S/C16H19NO3/c1-20-15(18)16(19,12-7-3-4-8-12)14-10-11-6-2-5-9-13(11)17-14/h2,5-6,9-10,12,17,19H,3-4,7-8H2,1H3. The monoisotopic (exact) mass is 273 g/mol. The van der Waals surface area contributed by atoms with Crippen LogP contribution in [0.4, 0.5) is 0 Å². The van der Waals surface area contributed by atoms with Crippen LogP contribution in [0.2, 0.25) is 0 Å². The highest BCUT2D eigenvalue weighted by molar-refractivity contribution is 5.86. The molecule has 0 bridgehead atoms. The smallest absolute Gasteiger partial charge is 0.344 e. The van der Waals surface area contributed by atoms with Gasteiger partial charge in [0.25, 0.3) is 0 Å². The van der Waals surface area contributed by atoms with Gasteiger partial charge < -0.3 is 14.8 Å². The summed E-state index contributed by atoms with van der Waals surface area (Å²) in [6.45, 7) is 0. The molecule has 2 aromatic rings. The van der Waals surface area contributed by atoms with Crippen LogP contribution in [0.3, 0.4) is 0 Å². The number of aromatic amines is 1. The minimum absolute atomic E-state index is 0.0805. The molecule has 106 valence electrons. The number of para-hydroxylation sites is 1. The van der Waals surface area contributed by atoms with E-state index in [0.29, 0.717) is 5.69 Å². The number of nitrogens with one attached hydrogen (secondary N) is 1. The third kappa shape index (κ3) is 1.91. The van der Waals surface area contributed by atoms with E-state index in [0.717, 1.165) is 36.6 Å². The number of aromatic nitrogens is 1. The Morgan fingerprint density at radius 1 is 1.35 bits per heavy atom. The molecule has 1 fully saturated rings. The molecule has 1 aliphatic carbocycles. The van der Waals surface area contributed by atoms with E-state index in [1.54, 1.807) is 0 Å². The Kier molecular flexibility index (Phi) is 3.26. The summed E-state index contributed by atoms with van der Waals surface area (Å²) in [7, 11) is 1.32. The molecule has 1 saturated carbocycles. The van der Waals surface area contributed by atoms with E-state index in [4.69, 9.17) is 4.74 Å². The first kappa shape index (κ1) is 13.2. The van der Waals surface area contributed by atoms with Crippen molar-refractivity contribution in [3.05, 3.63) is 36.0 Å². The van der Waals surface area contributed by atoms with Crippen LogP contribution in [0.1, 0.15) is 31.4 Å². The van der Waals surface area contributed by atoms with Crippen molar-refractivity contribution in [2.45, 2.75) is 31.3 Å². The Hall–Kier alpha value is -1.81. The predicted octanol–water partition coefficient (Wildman–Crippen LogP) is 2.72. The molecular weight excluding hydrogens is 254 g/mol. The fourth-order valence-corrected chi connectivity index (χ4v) is 3.27. The molecule has 0 amide bonds. The molecule has 1 heterocycles. The normalized spacial score (nSPS) is 19.1. The SMILES string of the molecule is COC(=O)C(O)(c1cc2ccccc2[nH]1)C1CCCC1. The second kappa shape index (κ2) is 4.94. The maximum absolute atomic E-state index is 12.2. The average Bonchev–Trinajstić information content (AvgIpc) is 3.14. The number of fused-ring (bicyclic) bond motifs is 1. The first-order chi connectivity index (χ1) is 9.66. The van der Waals surface area contributed by atoms with E-state index in [1.165, 1.54) is 7.11 Å². The van der Waals surface area contributed by atoms with E-state index in [-0.39, 0.29) is 5.92 Å². The lowest BCUT2D eigenvalue weighted by Crippen LogP contribution is -2.43. The Morgan fingerprint density at radius 2 is 2.05 bits per heavy atom. The zero-order valence-electron chi connectivity index (χ0n) is 11.6. The summed E-state index contributed by atoms with van der Waals surface area (Å²) in [5.74, 6) is -0.654. The zero-order valence-corrected chi connectivity index (χ0v) is 11.6. The van der Waals surface area contributed by atoms with Crippen molar-refractivity contribution in [2.24, 2.45) is 5.92 Å². The highest BCUT2D eigenvalue weighted by Crippen LogP contribution is 2.41. The van der Waals surface area contributed by atoms with E-state index >= 15 is 0 Å². The molecule has 0 saturated heterocycles. The molecule has 0 aliphatic heterocycles. The molecule has 2 N–H and O–H groups in total. The van der Waals surface area contributed by atoms with Crippen LogP contribution >= 0.6 is 0 Å². The molecule has 0 spiro atoms. The first-order valence-electron chi connectivity index (χ1n) is 7.05. The molecule has 20 heavy (non-hydrogen) atoms. The summed E-state index contributed by atoms with van der Waals surface area (Å²) in [4.78, 5) is 15.4. The van der Waals surface area contributed by atoms with Gasteiger partial charge in [0, 0.05) is 11.4 Å². The van der Waals surface area contributed by atoms with Crippen molar-refractivity contribution in [2.75, 3.05) is 7.11 Å². The molecule has 1 unspecified atom stereocenters. The topological polar surface area (TPSA) is 62.3 Å². The van der Waals surface area contributed by atoms with Gasteiger partial charge >= 0.3 is 5.97 Å². The van der Waals surface area contributed by atoms with Crippen LogP contribution in [0.5, 0.6) is 0 Å². The summed E-state index contributed by atoms with van der Waals surface area (Å²) in [5.41, 5.74) is -0.107. The maximum atomic E-state index is 12.2. The van der Waals surface area contributed by atoms with Crippen LogP contribution in [-0.2, 0) is 15.1 Å². The van der Waals surface area contributed by atoms with Gasteiger partial charge in [-0.1, -0.05) is 31.0 Å². The van der Waals surface area contributed by atoms with Gasteiger partial charge in [-0.2, -0.15) is 0 Å². The average molecular weight is 273 g/mol. The van der Waals surface area contributed by atoms with E-state index in [9.17, 15) is 9.90 Å². The summed E-state index contributed by atoms with van der Waals surface area (Å²) >= 11 is 0. The van der Waals surface area contributed by atoms with Crippen molar-refractivity contribution < 1.29 is 14.6 Å². The minimum atomic E-state index is -1.57. The van der Waals surface area contributed by atoms with Crippen molar-refractivity contribution in [1.82, 2.24) is 4.98 Å². The fourth-order valence-electron chi connectivity index (χ4n) is 3.27. The van der Waals surface area contributed by atoms with Crippen molar-refractivity contribution in [3.8, 4) is 0 Å².